The van der Waals surface area contributed by atoms with Crippen LogP contribution in [0.4, 0.5) is 4.39 Å². The van der Waals surface area contributed by atoms with Crippen LogP contribution in [0.15, 0.2) is 36.4 Å². The van der Waals surface area contributed by atoms with Crippen LogP contribution in [0.2, 0.25) is 5.02 Å². The van der Waals surface area contributed by atoms with E-state index < -0.39 is 0 Å². The highest BCUT2D eigenvalue weighted by molar-refractivity contribution is 6.30. The summed E-state index contributed by atoms with van der Waals surface area (Å²) in [4.78, 5) is 0. The molecule has 0 radical (unpaired) electrons. The average molecular weight is 292 g/mol. The van der Waals surface area contributed by atoms with Crippen molar-refractivity contribution in [3.05, 3.63) is 69.5 Å². The molecular weight excluding hydrogens is 273 g/mol. The van der Waals surface area contributed by atoms with Crippen molar-refractivity contribution in [3.8, 4) is 0 Å². The van der Waals surface area contributed by atoms with Crippen molar-refractivity contribution in [3.63, 3.8) is 0 Å². The summed E-state index contributed by atoms with van der Waals surface area (Å²) in [5, 5.41) is 4.17. The maximum absolute atomic E-state index is 13.3. The standard InChI is InChI=1S/C17H19ClFN/c1-4-20-17(13-7-11(2)8-14(18)10-13)16-6-5-15(19)9-12(16)3/h5-10,17,20H,4H2,1-3H3. The molecule has 0 amide bonds. The second kappa shape index (κ2) is 6.38. The first-order valence-electron chi connectivity index (χ1n) is 6.77. The molecule has 106 valence electrons. The Morgan fingerprint density at radius 3 is 2.50 bits per heavy atom. The molecule has 2 rings (SSSR count). The van der Waals surface area contributed by atoms with E-state index >= 15 is 0 Å². The maximum Gasteiger partial charge on any atom is 0.123 e. The summed E-state index contributed by atoms with van der Waals surface area (Å²) in [6, 6.07) is 11.0. The van der Waals surface area contributed by atoms with Crippen molar-refractivity contribution in [1.82, 2.24) is 5.32 Å². The molecule has 1 nitrogen and oxygen atoms in total. The summed E-state index contributed by atoms with van der Waals surface area (Å²) in [5.41, 5.74) is 4.24. The lowest BCUT2D eigenvalue weighted by Crippen LogP contribution is -2.23. The fourth-order valence-corrected chi connectivity index (χ4v) is 2.80. The van der Waals surface area contributed by atoms with Gasteiger partial charge in [-0.05, 0) is 66.9 Å². The Morgan fingerprint density at radius 1 is 1.15 bits per heavy atom. The van der Waals surface area contributed by atoms with Gasteiger partial charge in [0, 0.05) is 5.02 Å². The zero-order chi connectivity index (χ0) is 14.7. The molecule has 0 saturated carbocycles. The fourth-order valence-electron chi connectivity index (χ4n) is 2.51. The summed E-state index contributed by atoms with van der Waals surface area (Å²) < 4.78 is 13.3. The minimum absolute atomic E-state index is 0.0259. The molecule has 1 unspecified atom stereocenters. The molecule has 0 aliphatic heterocycles. The van der Waals surface area contributed by atoms with Crippen molar-refractivity contribution >= 4 is 11.6 Å². The van der Waals surface area contributed by atoms with Crippen molar-refractivity contribution in [1.29, 1.82) is 0 Å². The first-order valence-corrected chi connectivity index (χ1v) is 7.15. The van der Waals surface area contributed by atoms with Gasteiger partial charge in [-0.3, -0.25) is 0 Å². The lowest BCUT2D eigenvalue weighted by atomic mass is 9.94. The topological polar surface area (TPSA) is 12.0 Å². The molecule has 0 aliphatic rings. The predicted molar refractivity (Wildman–Crippen MR) is 82.8 cm³/mol. The lowest BCUT2D eigenvalue weighted by Gasteiger charge is -2.21. The SMILES string of the molecule is CCNC(c1cc(C)cc(Cl)c1)c1ccc(F)cc1C. The zero-order valence-electron chi connectivity index (χ0n) is 12.0. The van der Waals surface area contributed by atoms with Crippen LogP contribution in [-0.2, 0) is 0 Å². The smallest absolute Gasteiger partial charge is 0.123 e. The maximum atomic E-state index is 13.3. The van der Waals surface area contributed by atoms with Crippen LogP contribution in [0, 0.1) is 19.7 Å². The molecule has 3 heteroatoms. The van der Waals surface area contributed by atoms with Crippen LogP contribution in [0.25, 0.3) is 0 Å². The molecule has 0 bridgehead atoms. The quantitative estimate of drug-likeness (QED) is 0.853. The van der Waals surface area contributed by atoms with E-state index in [9.17, 15) is 4.39 Å². The van der Waals surface area contributed by atoms with Gasteiger partial charge in [0.2, 0.25) is 0 Å². The molecule has 0 spiro atoms. The van der Waals surface area contributed by atoms with Crippen molar-refractivity contribution < 1.29 is 4.39 Å². The van der Waals surface area contributed by atoms with Gasteiger partial charge in [0.15, 0.2) is 0 Å². The summed E-state index contributed by atoms with van der Waals surface area (Å²) in [5.74, 6) is -0.205. The second-order valence-electron chi connectivity index (χ2n) is 5.05. The fraction of sp³-hybridized carbons (Fsp3) is 0.294. The van der Waals surface area contributed by atoms with Crippen LogP contribution >= 0.6 is 11.6 Å². The van der Waals surface area contributed by atoms with Gasteiger partial charge < -0.3 is 5.32 Å². The normalized spacial score (nSPS) is 12.4. The average Bonchev–Trinajstić information content (AvgIpc) is 2.35. The number of hydrogen-bond acceptors (Lipinski definition) is 1. The van der Waals surface area contributed by atoms with Gasteiger partial charge in [-0.1, -0.05) is 30.7 Å². The second-order valence-corrected chi connectivity index (χ2v) is 5.49. The third-order valence-corrected chi connectivity index (χ3v) is 3.57. The van der Waals surface area contributed by atoms with Gasteiger partial charge in [0.05, 0.1) is 6.04 Å². The van der Waals surface area contributed by atoms with Gasteiger partial charge >= 0.3 is 0 Å². The summed E-state index contributed by atoms with van der Waals surface area (Å²) >= 11 is 6.16. The molecule has 2 aromatic rings. The van der Waals surface area contributed by atoms with E-state index in [1.165, 1.54) is 6.07 Å². The number of benzene rings is 2. The lowest BCUT2D eigenvalue weighted by molar-refractivity contribution is 0.610. The molecule has 1 N–H and O–H groups in total. The van der Waals surface area contributed by atoms with E-state index in [4.69, 9.17) is 11.6 Å². The van der Waals surface area contributed by atoms with Crippen molar-refractivity contribution in [2.45, 2.75) is 26.8 Å². The highest BCUT2D eigenvalue weighted by atomic mass is 35.5. The highest BCUT2D eigenvalue weighted by Gasteiger charge is 2.16. The van der Waals surface area contributed by atoms with Gasteiger partial charge in [-0.2, -0.15) is 0 Å². The monoisotopic (exact) mass is 291 g/mol. The van der Waals surface area contributed by atoms with Crippen LogP contribution < -0.4 is 5.32 Å². The van der Waals surface area contributed by atoms with Crippen LogP contribution in [0.5, 0.6) is 0 Å². The van der Waals surface area contributed by atoms with E-state index in [1.807, 2.05) is 32.0 Å². The van der Waals surface area contributed by atoms with E-state index in [0.717, 1.165) is 33.8 Å². The Labute approximate surface area is 124 Å². The highest BCUT2D eigenvalue weighted by Crippen LogP contribution is 2.28. The molecule has 0 aromatic heterocycles. The number of rotatable bonds is 4. The van der Waals surface area contributed by atoms with Crippen LogP contribution in [0.3, 0.4) is 0 Å². The number of nitrogens with one attached hydrogen (secondary N) is 1. The predicted octanol–water partition coefficient (Wildman–Crippen LogP) is 4.79. The molecule has 1 atom stereocenters. The Balaban J connectivity index is 2.49. The molecular formula is C17H19ClFN. The summed E-state index contributed by atoms with van der Waals surface area (Å²) in [6.07, 6.45) is 0. The molecule has 0 heterocycles. The van der Waals surface area contributed by atoms with E-state index in [0.29, 0.717) is 0 Å². The minimum Gasteiger partial charge on any atom is -0.307 e. The number of aryl methyl sites for hydroxylation is 2. The van der Waals surface area contributed by atoms with Crippen LogP contribution in [-0.4, -0.2) is 6.54 Å². The third kappa shape index (κ3) is 3.38. The van der Waals surface area contributed by atoms with Gasteiger partial charge in [0.25, 0.3) is 0 Å². The Kier molecular flexibility index (Phi) is 4.79. The van der Waals surface area contributed by atoms with E-state index in [1.54, 1.807) is 6.07 Å². The largest absolute Gasteiger partial charge is 0.307 e. The summed E-state index contributed by atoms with van der Waals surface area (Å²) in [7, 11) is 0. The first kappa shape index (κ1) is 15.0. The molecule has 0 saturated heterocycles. The zero-order valence-corrected chi connectivity index (χ0v) is 12.8. The van der Waals surface area contributed by atoms with Crippen molar-refractivity contribution in [2.24, 2.45) is 0 Å². The molecule has 2 aromatic carbocycles. The molecule has 20 heavy (non-hydrogen) atoms. The van der Waals surface area contributed by atoms with E-state index in [2.05, 4.69) is 18.3 Å². The van der Waals surface area contributed by atoms with Gasteiger partial charge in [0.1, 0.15) is 5.82 Å². The van der Waals surface area contributed by atoms with Gasteiger partial charge in [-0.15, -0.1) is 0 Å². The third-order valence-electron chi connectivity index (χ3n) is 3.35. The Bertz CT molecular complexity index is 590. The molecule has 0 fully saturated rings. The first-order chi connectivity index (χ1) is 9.51. The van der Waals surface area contributed by atoms with E-state index in [-0.39, 0.29) is 11.9 Å². The number of hydrogen-bond donors (Lipinski definition) is 1. The summed E-state index contributed by atoms with van der Waals surface area (Å²) in [6.45, 7) is 6.84. The Morgan fingerprint density at radius 2 is 1.90 bits per heavy atom. The minimum atomic E-state index is -0.205. The number of halogens is 2. The van der Waals surface area contributed by atoms with Crippen molar-refractivity contribution in [2.75, 3.05) is 6.54 Å². The van der Waals surface area contributed by atoms with Gasteiger partial charge in [-0.25, -0.2) is 4.39 Å². The Hall–Kier alpha value is -1.38. The molecule has 0 aliphatic carbocycles. The van der Waals surface area contributed by atoms with Crippen LogP contribution in [0.1, 0.15) is 35.2 Å².